The minimum Gasteiger partial charge on any atom is -0.361 e. The van der Waals surface area contributed by atoms with Gasteiger partial charge in [-0.1, -0.05) is 18.2 Å². The maximum absolute atomic E-state index is 12.8. The van der Waals surface area contributed by atoms with Gasteiger partial charge >= 0.3 is 0 Å². The minimum absolute atomic E-state index is 0.287. The highest BCUT2D eigenvalue weighted by molar-refractivity contribution is 5.84. The van der Waals surface area contributed by atoms with E-state index in [-0.39, 0.29) is 5.91 Å². The normalized spacial score (nSPS) is 19.3. The predicted octanol–water partition coefficient (Wildman–Crippen LogP) is 4.11. The van der Waals surface area contributed by atoms with E-state index in [0.717, 1.165) is 50.3 Å². The third-order valence-corrected chi connectivity index (χ3v) is 6.67. The summed E-state index contributed by atoms with van der Waals surface area (Å²) < 4.78 is 2.42. The first-order valence-electron chi connectivity index (χ1n) is 11.0. The van der Waals surface area contributed by atoms with Gasteiger partial charge in [0.05, 0.1) is 0 Å². The van der Waals surface area contributed by atoms with Crippen LogP contribution in [-0.2, 0) is 24.2 Å². The van der Waals surface area contributed by atoms with Crippen LogP contribution in [-0.4, -0.2) is 38.4 Å². The lowest BCUT2D eigenvalue weighted by atomic mass is 10.0. The smallest absolute Gasteiger partial charge is 0.222 e. The summed E-state index contributed by atoms with van der Waals surface area (Å²) in [5.74, 6) is 2.89. The molecule has 29 heavy (non-hydrogen) atoms. The number of nitrogens with zero attached hydrogens (tertiary/aromatic N) is 3. The molecular formula is C24H30N4O. The van der Waals surface area contributed by atoms with Crippen molar-refractivity contribution in [3.8, 4) is 0 Å². The van der Waals surface area contributed by atoms with Gasteiger partial charge in [-0.15, -0.1) is 0 Å². The fourth-order valence-corrected chi connectivity index (χ4v) is 4.70. The Labute approximate surface area is 172 Å². The van der Waals surface area contributed by atoms with Gasteiger partial charge in [0.15, 0.2) is 0 Å². The molecule has 2 aromatic heterocycles. The van der Waals surface area contributed by atoms with Crippen LogP contribution in [0.1, 0.15) is 42.8 Å². The maximum atomic E-state index is 12.8. The summed E-state index contributed by atoms with van der Waals surface area (Å²) in [6, 6.07) is 8.31. The largest absolute Gasteiger partial charge is 0.361 e. The van der Waals surface area contributed by atoms with Gasteiger partial charge in [0, 0.05) is 61.5 Å². The average molecular weight is 391 g/mol. The molecule has 1 aliphatic heterocycles. The van der Waals surface area contributed by atoms with Crippen LogP contribution in [0, 0.1) is 18.8 Å². The van der Waals surface area contributed by atoms with E-state index in [1.807, 2.05) is 18.5 Å². The Bertz CT molecular complexity index is 1010. The topological polar surface area (TPSA) is 53.9 Å². The number of fused-ring (bicyclic) bond motifs is 1. The van der Waals surface area contributed by atoms with Crippen molar-refractivity contribution >= 4 is 16.8 Å². The molecule has 5 rings (SSSR count). The highest BCUT2D eigenvalue weighted by atomic mass is 16.2. The van der Waals surface area contributed by atoms with Crippen molar-refractivity contribution in [2.24, 2.45) is 11.8 Å². The molecule has 1 aliphatic carbocycles. The van der Waals surface area contributed by atoms with Crippen molar-refractivity contribution in [3.63, 3.8) is 0 Å². The molecule has 3 heterocycles. The van der Waals surface area contributed by atoms with Crippen LogP contribution >= 0.6 is 0 Å². The Morgan fingerprint density at radius 1 is 1.21 bits per heavy atom. The number of carbonyl (C=O) groups excluding carboxylic acids is 1. The molecule has 1 atom stereocenters. The van der Waals surface area contributed by atoms with Crippen LogP contribution in [0.25, 0.3) is 10.9 Å². The third-order valence-electron chi connectivity index (χ3n) is 6.67. The van der Waals surface area contributed by atoms with Crippen LogP contribution in [0.5, 0.6) is 0 Å². The molecular weight excluding hydrogens is 360 g/mol. The van der Waals surface area contributed by atoms with Gasteiger partial charge in [-0.05, 0) is 56.1 Å². The molecule has 1 saturated heterocycles. The molecule has 3 aromatic rings. The number of likely N-dealkylation sites (tertiary alicyclic amines) is 1. The minimum atomic E-state index is 0.287. The lowest BCUT2D eigenvalue weighted by Gasteiger charge is -2.17. The number of hydrogen-bond acceptors (Lipinski definition) is 2. The van der Waals surface area contributed by atoms with Crippen LogP contribution in [0.4, 0.5) is 0 Å². The monoisotopic (exact) mass is 390 g/mol. The molecule has 1 amide bonds. The zero-order valence-electron chi connectivity index (χ0n) is 17.2. The summed E-state index contributed by atoms with van der Waals surface area (Å²) in [4.78, 5) is 22.9. The van der Waals surface area contributed by atoms with Crippen molar-refractivity contribution in [2.75, 3.05) is 13.1 Å². The quantitative estimate of drug-likeness (QED) is 0.660. The van der Waals surface area contributed by atoms with Gasteiger partial charge in [-0.3, -0.25) is 4.79 Å². The molecule has 2 fully saturated rings. The zero-order chi connectivity index (χ0) is 19.8. The molecule has 1 saturated carbocycles. The second-order valence-electron chi connectivity index (χ2n) is 8.93. The lowest BCUT2D eigenvalue weighted by Crippen LogP contribution is -2.29. The maximum Gasteiger partial charge on any atom is 0.222 e. The highest BCUT2D eigenvalue weighted by Crippen LogP contribution is 2.32. The lowest BCUT2D eigenvalue weighted by molar-refractivity contribution is -0.130. The number of benzene rings is 1. The molecule has 0 bridgehead atoms. The van der Waals surface area contributed by atoms with Crippen LogP contribution in [0.15, 0.2) is 36.7 Å². The summed E-state index contributed by atoms with van der Waals surface area (Å²) in [5, 5.41) is 1.23. The Morgan fingerprint density at radius 2 is 2.07 bits per heavy atom. The van der Waals surface area contributed by atoms with E-state index in [4.69, 9.17) is 0 Å². The standard InChI is InChI=1S/C24H30N4O/c1-17-13-26-23(28(17)16-18-6-7-18)12-19-10-11-27(15-19)24(29)9-8-20-14-25-22-5-3-2-4-21(20)22/h2-5,13-14,18-19,25H,6-12,15-16H2,1H3. The van der Waals surface area contributed by atoms with Crippen LogP contribution in [0.3, 0.4) is 0 Å². The number of carbonyl (C=O) groups is 1. The average Bonchev–Trinajstić information content (AvgIpc) is 3.11. The second kappa shape index (κ2) is 7.69. The first kappa shape index (κ1) is 18.5. The molecule has 2 aliphatic rings. The number of nitrogens with one attached hydrogen (secondary N) is 1. The first-order valence-corrected chi connectivity index (χ1v) is 11.0. The van der Waals surface area contributed by atoms with E-state index in [9.17, 15) is 4.79 Å². The van der Waals surface area contributed by atoms with Crippen molar-refractivity contribution in [1.29, 1.82) is 0 Å². The summed E-state index contributed by atoms with van der Waals surface area (Å²) in [7, 11) is 0. The number of aromatic amines is 1. The fraction of sp³-hybridized carbons (Fsp3) is 0.500. The van der Waals surface area contributed by atoms with Crippen molar-refractivity contribution < 1.29 is 4.79 Å². The third kappa shape index (κ3) is 3.96. The molecule has 5 heteroatoms. The summed E-state index contributed by atoms with van der Waals surface area (Å²) in [6.45, 7) is 5.05. The first-order chi connectivity index (χ1) is 14.2. The molecule has 152 valence electrons. The molecule has 0 spiro atoms. The van der Waals surface area contributed by atoms with E-state index in [2.05, 4.69) is 44.6 Å². The van der Waals surface area contributed by atoms with Gasteiger partial charge in [-0.2, -0.15) is 0 Å². The number of rotatable bonds is 7. The van der Waals surface area contributed by atoms with Gasteiger partial charge in [-0.25, -0.2) is 4.98 Å². The molecule has 1 unspecified atom stereocenters. The number of aromatic nitrogens is 3. The van der Waals surface area contributed by atoms with E-state index >= 15 is 0 Å². The van der Waals surface area contributed by atoms with E-state index in [1.165, 1.54) is 35.3 Å². The van der Waals surface area contributed by atoms with Gasteiger partial charge < -0.3 is 14.5 Å². The predicted molar refractivity (Wildman–Crippen MR) is 115 cm³/mol. The SMILES string of the molecule is Cc1cnc(CC2CCN(C(=O)CCc3c[nH]c4ccccc34)C2)n1CC1CC1. The summed E-state index contributed by atoms with van der Waals surface area (Å²) in [6.07, 6.45) is 10.3. The van der Waals surface area contributed by atoms with E-state index in [1.54, 1.807) is 0 Å². The Morgan fingerprint density at radius 3 is 2.93 bits per heavy atom. The van der Waals surface area contributed by atoms with Gasteiger partial charge in [0.25, 0.3) is 0 Å². The molecule has 5 nitrogen and oxygen atoms in total. The second-order valence-corrected chi connectivity index (χ2v) is 8.93. The number of para-hydroxylation sites is 1. The number of imidazole rings is 1. The Kier molecular flexibility index (Phi) is 4.90. The van der Waals surface area contributed by atoms with Crippen LogP contribution in [0.2, 0.25) is 0 Å². The molecule has 1 N–H and O–H groups in total. The molecule has 1 aromatic carbocycles. The van der Waals surface area contributed by atoms with E-state index < -0.39 is 0 Å². The van der Waals surface area contributed by atoms with Crippen molar-refractivity contribution in [2.45, 2.75) is 52.0 Å². The van der Waals surface area contributed by atoms with Crippen LogP contribution < -0.4 is 0 Å². The van der Waals surface area contributed by atoms with Crippen molar-refractivity contribution in [1.82, 2.24) is 19.4 Å². The summed E-state index contributed by atoms with van der Waals surface area (Å²) in [5.41, 5.74) is 3.66. The van der Waals surface area contributed by atoms with Crippen molar-refractivity contribution in [3.05, 3.63) is 53.7 Å². The Hall–Kier alpha value is -2.56. The highest BCUT2D eigenvalue weighted by Gasteiger charge is 2.29. The number of hydrogen-bond donors (Lipinski definition) is 1. The summed E-state index contributed by atoms with van der Waals surface area (Å²) >= 11 is 0. The number of amides is 1. The fourth-order valence-electron chi connectivity index (χ4n) is 4.70. The number of aryl methyl sites for hydroxylation is 2. The van der Waals surface area contributed by atoms with E-state index in [0.29, 0.717) is 12.3 Å². The van der Waals surface area contributed by atoms with Gasteiger partial charge in [0.1, 0.15) is 5.82 Å². The molecule has 0 radical (unpaired) electrons. The Balaban J connectivity index is 1.16. The number of H-pyrrole nitrogens is 1. The zero-order valence-corrected chi connectivity index (χ0v) is 17.2. The van der Waals surface area contributed by atoms with Gasteiger partial charge in [0.2, 0.25) is 5.91 Å².